The van der Waals surface area contributed by atoms with Crippen LogP contribution in [-0.2, 0) is 0 Å². The molecule has 2 unspecified atom stereocenters. The van der Waals surface area contributed by atoms with Crippen molar-refractivity contribution in [2.24, 2.45) is 11.8 Å². The monoisotopic (exact) mass is 313 g/mol. The van der Waals surface area contributed by atoms with Crippen molar-refractivity contribution in [3.05, 3.63) is 33.8 Å². The fourth-order valence-electron chi connectivity index (χ4n) is 3.23. The Hall–Kier alpha value is -0.240. The van der Waals surface area contributed by atoms with Gasteiger partial charge >= 0.3 is 0 Å². The summed E-state index contributed by atoms with van der Waals surface area (Å²) in [5.41, 5.74) is 1.25. The van der Waals surface area contributed by atoms with E-state index in [1.54, 1.807) is 0 Å². The van der Waals surface area contributed by atoms with Crippen molar-refractivity contribution in [3.8, 4) is 0 Å². The van der Waals surface area contributed by atoms with E-state index in [4.69, 9.17) is 23.2 Å². The normalized spacial score (nSPS) is 23.2. The highest BCUT2D eigenvalue weighted by Gasteiger charge is 2.28. The Balaban J connectivity index is 2.08. The van der Waals surface area contributed by atoms with Crippen molar-refractivity contribution >= 4 is 23.2 Å². The Kier molecular flexibility index (Phi) is 6.20. The first kappa shape index (κ1) is 16.1. The molecule has 112 valence electrons. The molecule has 1 saturated carbocycles. The standard InChI is InChI=1S/C17H25Cl2N/c1-12(2)10-20-11-13-6-3-4-7-14(13)15-8-5-9-16(18)17(15)19/h5,8-9,12-14,20H,3-4,6-7,10-11H2,1-2H3. The molecule has 0 radical (unpaired) electrons. The van der Waals surface area contributed by atoms with E-state index in [1.807, 2.05) is 12.1 Å². The van der Waals surface area contributed by atoms with Crippen LogP contribution in [0.4, 0.5) is 0 Å². The molecule has 0 heterocycles. The van der Waals surface area contributed by atoms with Crippen LogP contribution in [0.1, 0.15) is 51.0 Å². The molecule has 0 aromatic heterocycles. The van der Waals surface area contributed by atoms with Gasteiger partial charge in [0.15, 0.2) is 0 Å². The van der Waals surface area contributed by atoms with E-state index in [0.29, 0.717) is 22.8 Å². The second-order valence-electron chi connectivity index (χ2n) is 6.35. The first-order valence-corrected chi connectivity index (χ1v) is 8.49. The molecule has 2 atom stereocenters. The first-order chi connectivity index (χ1) is 9.59. The van der Waals surface area contributed by atoms with Gasteiger partial charge in [0.25, 0.3) is 0 Å². The molecule has 1 N–H and O–H groups in total. The van der Waals surface area contributed by atoms with Gasteiger partial charge in [0, 0.05) is 0 Å². The van der Waals surface area contributed by atoms with Crippen molar-refractivity contribution in [2.75, 3.05) is 13.1 Å². The summed E-state index contributed by atoms with van der Waals surface area (Å²) in [6.07, 6.45) is 5.16. The molecule has 20 heavy (non-hydrogen) atoms. The van der Waals surface area contributed by atoms with Crippen LogP contribution in [0.5, 0.6) is 0 Å². The molecule has 1 aliphatic carbocycles. The Morgan fingerprint density at radius 3 is 2.70 bits per heavy atom. The number of halogens is 2. The quantitative estimate of drug-likeness (QED) is 0.755. The van der Waals surface area contributed by atoms with E-state index in [9.17, 15) is 0 Å². The van der Waals surface area contributed by atoms with Gasteiger partial charge in [-0.2, -0.15) is 0 Å². The summed E-state index contributed by atoms with van der Waals surface area (Å²) < 4.78 is 0. The lowest BCUT2D eigenvalue weighted by atomic mass is 9.75. The van der Waals surface area contributed by atoms with Crippen LogP contribution in [0.2, 0.25) is 10.0 Å². The van der Waals surface area contributed by atoms with Crippen molar-refractivity contribution in [2.45, 2.75) is 45.4 Å². The zero-order valence-corrected chi connectivity index (χ0v) is 14.0. The lowest BCUT2D eigenvalue weighted by Crippen LogP contribution is -2.31. The van der Waals surface area contributed by atoms with Gasteiger partial charge in [-0.15, -0.1) is 0 Å². The van der Waals surface area contributed by atoms with Crippen LogP contribution >= 0.6 is 23.2 Å². The van der Waals surface area contributed by atoms with Crippen LogP contribution < -0.4 is 5.32 Å². The Labute approximate surface area is 133 Å². The third kappa shape index (κ3) is 4.13. The van der Waals surface area contributed by atoms with Crippen LogP contribution in [-0.4, -0.2) is 13.1 Å². The molecule has 3 heteroatoms. The lowest BCUT2D eigenvalue weighted by molar-refractivity contribution is 0.292. The molecule has 0 aliphatic heterocycles. The summed E-state index contributed by atoms with van der Waals surface area (Å²) in [5, 5.41) is 5.06. The highest BCUT2D eigenvalue weighted by atomic mass is 35.5. The van der Waals surface area contributed by atoms with Gasteiger partial charge in [-0.3, -0.25) is 0 Å². The van der Waals surface area contributed by atoms with Gasteiger partial charge in [0.1, 0.15) is 0 Å². The third-order valence-electron chi connectivity index (χ3n) is 4.25. The average molecular weight is 314 g/mol. The molecule has 1 nitrogen and oxygen atoms in total. The number of hydrogen-bond acceptors (Lipinski definition) is 1. The number of rotatable bonds is 5. The van der Waals surface area contributed by atoms with Crippen molar-refractivity contribution in [1.82, 2.24) is 5.32 Å². The predicted octanol–water partition coefficient (Wildman–Crippen LogP) is 5.51. The highest BCUT2D eigenvalue weighted by molar-refractivity contribution is 6.42. The van der Waals surface area contributed by atoms with Crippen LogP contribution in [0.3, 0.4) is 0 Å². The zero-order valence-electron chi connectivity index (χ0n) is 12.5. The van der Waals surface area contributed by atoms with Gasteiger partial charge in [0.05, 0.1) is 10.0 Å². The summed E-state index contributed by atoms with van der Waals surface area (Å²) in [6.45, 7) is 6.68. The predicted molar refractivity (Wildman–Crippen MR) is 88.9 cm³/mol. The maximum atomic E-state index is 6.42. The van der Waals surface area contributed by atoms with Gasteiger partial charge in [-0.05, 0) is 55.3 Å². The minimum Gasteiger partial charge on any atom is -0.316 e. The largest absolute Gasteiger partial charge is 0.316 e. The zero-order chi connectivity index (χ0) is 14.5. The minimum absolute atomic E-state index is 0.551. The lowest BCUT2D eigenvalue weighted by Gasteiger charge is -2.33. The molecule has 1 aromatic rings. The summed E-state index contributed by atoms with van der Waals surface area (Å²) >= 11 is 12.6. The highest BCUT2D eigenvalue weighted by Crippen LogP contribution is 2.42. The van der Waals surface area contributed by atoms with Crippen LogP contribution in [0.15, 0.2) is 18.2 Å². The van der Waals surface area contributed by atoms with E-state index in [0.717, 1.165) is 18.1 Å². The van der Waals surface area contributed by atoms with E-state index < -0.39 is 0 Å². The third-order valence-corrected chi connectivity index (χ3v) is 5.08. The molecule has 0 bridgehead atoms. The molecule has 0 amide bonds. The van der Waals surface area contributed by atoms with E-state index >= 15 is 0 Å². The van der Waals surface area contributed by atoms with Gasteiger partial charge in [-0.25, -0.2) is 0 Å². The SMILES string of the molecule is CC(C)CNCC1CCCCC1c1cccc(Cl)c1Cl. The minimum atomic E-state index is 0.551. The van der Waals surface area contributed by atoms with Crippen molar-refractivity contribution in [3.63, 3.8) is 0 Å². The average Bonchev–Trinajstić information content (AvgIpc) is 2.42. The Bertz CT molecular complexity index is 431. The second-order valence-corrected chi connectivity index (χ2v) is 7.13. The van der Waals surface area contributed by atoms with Crippen molar-refractivity contribution < 1.29 is 0 Å². The van der Waals surface area contributed by atoms with E-state index in [-0.39, 0.29) is 0 Å². The van der Waals surface area contributed by atoms with Gasteiger partial charge in [-0.1, -0.05) is 62.0 Å². The maximum Gasteiger partial charge on any atom is 0.0627 e. The molecular formula is C17H25Cl2N. The molecule has 1 fully saturated rings. The maximum absolute atomic E-state index is 6.42. The summed E-state index contributed by atoms with van der Waals surface area (Å²) in [6, 6.07) is 6.05. The molecule has 2 rings (SSSR count). The van der Waals surface area contributed by atoms with E-state index in [2.05, 4.69) is 25.2 Å². The van der Waals surface area contributed by atoms with E-state index in [1.165, 1.54) is 31.2 Å². The van der Waals surface area contributed by atoms with Crippen molar-refractivity contribution in [1.29, 1.82) is 0 Å². The first-order valence-electron chi connectivity index (χ1n) is 7.74. The molecule has 0 saturated heterocycles. The van der Waals surface area contributed by atoms with Crippen LogP contribution in [0, 0.1) is 11.8 Å². The number of nitrogens with one attached hydrogen (secondary N) is 1. The second kappa shape index (κ2) is 7.68. The number of benzene rings is 1. The molecular weight excluding hydrogens is 289 g/mol. The van der Waals surface area contributed by atoms with Crippen LogP contribution in [0.25, 0.3) is 0 Å². The Morgan fingerprint density at radius 2 is 1.95 bits per heavy atom. The summed E-state index contributed by atoms with van der Waals surface area (Å²) in [7, 11) is 0. The summed E-state index contributed by atoms with van der Waals surface area (Å²) in [5.74, 6) is 1.93. The molecule has 1 aromatic carbocycles. The number of hydrogen-bond donors (Lipinski definition) is 1. The fraction of sp³-hybridized carbons (Fsp3) is 0.647. The van der Waals surface area contributed by atoms with Gasteiger partial charge in [0.2, 0.25) is 0 Å². The Morgan fingerprint density at radius 1 is 1.20 bits per heavy atom. The summed E-state index contributed by atoms with van der Waals surface area (Å²) in [4.78, 5) is 0. The smallest absolute Gasteiger partial charge is 0.0627 e. The fourth-order valence-corrected chi connectivity index (χ4v) is 3.67. The molecule has 0 spiro atoms. The molecule has 1 aliphatic rings. The topological polar surface area (TPSA) is 12.0 Å². The van der Waals surface area contributed by atoms with Gasteiger partial charge < -0.3 is 5.32 Å².